The summed E-state index contributed by atoms with van der Waals surface area (Å²) in [6.07, 6.45) is 0. The first-order valence-electron chi connectivity index (χ1n) is 6.87. The number of benzene rings is 3. The van der Waals surface area contributed by atoms with Gasteiger partial charge in [-0.05, 0) is 28.5 Å². The molecule has 0 unspecified atom stereocenters. The Hall–Kier alpha value is -2.54. The van der Waals surface area contributed by atoms with E-state index >= 15 is 0 Å². The van der Waals surface area contributed by atoms with Gasteiger partial charge in [0.15, 0.2) is 0 Å². The van der Waals surface area contributed by atoms with Crippen molar-refractivity contribution in [1.82, 2.24) is 4.57 Å². The second-order valence-electron chi connectivity index (χ2n) is 5.17. The van der Waals surface area contributed by atoms with E-state index in [-0.39, 0.29) is 0 Å². The van der Waals surface area contributed by atoms with Gasteiger partial charge in [0.25, 0.3) is 0 Å². The van der Waals surface area contributed by atoms with Gasteiger partial charge in [-0.2, -0.15) is 0 Å². The van der Waals surface area contributed by atoms with E-state index in [4.69, 9.17) is 0 Å². The van der Waals surface area contributed by atoms with Crippen LogP contribution in [0.2, 0.25) is 0 Å². The molecule has 1 heterocycles. The lowest BCUT2D eigenvalue weighted by Crippen LogP contribution is -1.90. The summed E-state index contributed by atoms with van der Waals surface area (Å²) in [5, 5.41) is 3.94. The molecule has 0 saturated carbocycles. The number of aromatic nitrogens is 1. The smallest absolute Gasteiger partial charge is 0.0489 e. The molecule has 1 nitrogen and oxygen atoms in total. The number of aryl methyl sites for hydroxylation is 1. The average Bonchev–Trinajstić information content (AvgIpc) is 2.86. The first-order chi connectivity index (χ1) is 9.84. The molecule has 1 aromatic heterocycles. The van der Waals surface area contributed by atoms with Gasteiger partial charge < -0.3 is 4.57 Å². The fourth-order valence-corrected chi connectivity index (χ4v) is 2.98. The zero-order valence-corrected chi connectivity index (χ0v) is 11.4. The molecule has 0 aliphatic carbocycles. The third kappa shape index (κ3) is 1.56. The van der Waals surface area contributed by atoms with E-state index in [0.717, 1.165) is 0 Å². The Balaban J connectivity index is 2.10. The minimum atomic E-state index is 1.26. The van der Waals surface area contributed by atoms with Crippen molar-refractivity contribution in [3.63, 3.8) is 0 Å². The molecule has 0 aliphatic rings. The van der Waals surface area contributed by atoms with E-state index in [0.29, 0.717) is 0 Å². The molecule has 0 spiro atoms. The molecule has 20 heavy (non-hydrogen) atoms. The van der Waals surface area contributed by atoms with Crippen molar-refractivity contribution in [3.05, 3.63) is 72.8 Å². The molecule has 0 N–H and O–H groups in total. The summed E-state index contributed by atoms with van der Waals surface area (Å²) in [6.45, 7) is 0. The van der Waals surface area contributed by atoms with Gasteiger partial charge >= 0.3 is 0 Å². The average molecular weight is 257 g/mol. The maximum atomic E-state index is 2.30. The number of nitrogens with zero attached hydrogens (tertiary/aromatic N) is 1. The Kier molecular flexibility index (Phi) is 2.40. The number of rotatable bonds is 1. The molecule has 0 amide bonds. The quantitative estimate of drug-likeness (QED) is 0.452. The van der Waals surface area contributed by atoms with Crippen LogP contribution >= 0.6 is 0 Å². The molecule has 96 valence electrons. The molecule has 1 heteroatoms. The SMILES string of the molecule is Cn1c(-c2ccccc2)cc2c3ccccc3ccc21. The van der Waals surface area contributed by atoms with Crippen LogP contribution in [0.4, 0.5) is 0 Å². The molecule has 4 rings (SSSR count). The van der Waals surface area contributed by atoms with Crippen molar-refractivity contribution in [2.45, 2.75) is 0 Å². The van der Waals surface area contributed by atoms with Crippen LogP contribution in [0.1, 0.15) is 0 Å². The van der Waals surface area contributed by atoms with Crippen LogP contribution in [0.3, 0.4) is 0 Å². The number of hydrogen-bond donors (Lipinski definition) is 0. The Morgan fingerprint density at radius 2 is 1.45 bits per heavy atom. The van der Waals surface area contributed by atoms with Crippen LogP contribution < -0.4 is 0 Å². The predicted octanol–water partition coefficient (Wildman–Crippen LogP) is 5.00. The summed E-state index contributed by atoms with van der Waals surface area (Å²) in [5.41, 5.74) is 3.80. The summed E-state index contributed by atoms with van der Waals surface area (Å²) < 4.78 is 2.27. The van der Waals surface area contributed by atoms with E-state index in [1.165, 1.54) is 32.9 Å². The predicted molar refractivity (Wildman–Crippen MR) is 85.9 cm³/mol. The van der Waals surface area contributed by atoms with E-state index in [9.17, 15) is 0 Å². The van der Waals surface area contributed by atoms with Gasteiger partial charge in [-0.3, -0.25) is 0 Å². The Labute approximate surface area is 118 Å². The van der Waals surface area contributed by atoms with Crippen molar-refractivity contribution in [2.75, 3.05) is 0 Å². The molecule has 0 bridgehead atoms. The van der Waals surface area contributed by atoms with E-state index in [2.05, 4.69) is 84.4 Å². The summed E-state index contributed by atoms with van der Waals surface area (Å²) in [7, 11) is 2.14. The van der Waals surface area contributed by atoms with Gasteiger partial charge in [-0.15, -0.1) is 0 Å². The van der Waals surface area contributed by atoms with Gasteiger partial charge in [0.2, 0.25) is 0 Å². The highest BCUT2D eigenvalue weighted by Gasteiger charge is 2.09. The highest BCUT2D eigenvalue weighted by Crippen LogP contribution is 2.32. The minimum absolute atomic E-state index is 1.26. The summed E-state index contributed by atoms with van der Waals surface area (Å²) in [5.74, 6) is 0. The lowest BCUT2D eigenvalue weighted by atomic mass is 10.1. The van der Waals surface area contributed by atoms with Gasteiger partial charge in [0.05, 0.1) is 0 Å². The Bertz CT molecular complexity index is 901. The Morgan fingerprint density at radius 3 is 2.30 bits per heavy atom. The summed E-state index contributed by atoms with van der Waals surface area (Å²) in [6, 6.07) is 25.8. The number of fused-ring (bicyclic) bond motifs is 3. The van der Waals surface area contributed by atoms with Crippen LogP contribution in [0.5, 0.6) is 0 Å². The van der Waals surface area contributed by atoms with Crippen molar-refractivity contribution >= 4 is 21.7 Å². The monoisotopic (exact) mass is 257 g/mol. The zero-order chi connectivity index (χ0) is 13.5. The third-order valence-electron chi connectivity index (χ3n) is 4.02. The van der Waals surface area contributed by atoms with Gasteiger partial charge in [-0.1, -0.05) is 60.7 Å². The molecule has 3 aromatic carbocycles. The number of hydrogen-bond acceptors (Lipinski definition) is 0. The minimum Gasteiger partial charge on any atom is -0.344 e. The standard InChI is InChI=1S/C19H15N/c1-20-18-12-11-14-7-5-6-10-16(14)17(18)13-19(20)15-8-3-2-4-9-15/h2-13H,1H3. The lowest BCUT2D eigenvalue weighted by molar-refractivity contribution is 0.979. The maximum Gasteiger partial charge on any atom is 0.0489 e. The van der Waals surface area contributed by atoms with Gasteiger partial charge in [-0.25, -0.2) is 0 Å². The highest BCUT2D eigenvalue weighted by atomic mass is 14.9. The maximum absolute atomic E-state index is 2.30. The topological polar surface area (TPSA) is 4.93 Å². The molecule has 0 atom stereocenters. The van der Waals surface area contributed by atoms with Crippen molar-refractivity contribution < 1.29 is 0 Å². The largest absolute Gasteiger partial charge is 0.344 e. The second-order valence-corrected chi connectivity index (χ2v) is 5.17. The van der Waals surface area contributed by atoms with Crippen LogP contribution in [-0.4, -0.2) is 4.57 Å². The Morgan fingerprint density at radius 1 is 0.700 bits per heavy atom. The van der Waals surface area contributed by atoms with E-state index in [1.807, 2.05) is 0 Å². The van der Waals surface area contributed by atoms with E-state index in [1.54, 1.807) is 0 Å². The molecule has 0 radical (unpaired) electrons. The van der Waals surface area contributed by atoms with Crippen LogP contribution in [-0.2, 0) is 7.05 Å². The molecule has 0 fully saturated rings. The summed E-state index contributed by atoms with van der Waals surface area (Å²) in [4.78, 5) is 0. The normalized spacial score (nSPS) is 11.2. The molecular weight excluding hydrogens is 242 g/mol. The first kappa shape index (κ1) is 11.3. The van der Waals surface area contributed by atoms with Gasteiger partial charge in [0, 0.05) is 23.6 Å². The first-order valence-corrected chi connectivity index (χ1v) is 6.87. The highest BCUT2D eigenvalue weighted by molar-refractivity contribution is 6.08. The third-order valence-corrected chi connectivity index (χ3v) is 4.02. The van der Waals surface area contributed by atoms with Crippen LogP contribution in [0.15, 0.2) is 72.8 Å². The van der Waals surface area contributed by atoms with Crippen molar-refractivity contribution in [3.8, 4) is 11.3 Å². The molecule has 4 aromatic rings. The van der Waals surface area contributed by atoms with Gasteiger partial charge in [0.1, 0.15) is 0 Å². The van der Waals surface area contributed by atoms with Crippen molar-refractivity contribution in [2.24, 2.45) is 7.05 Å². The second kappa shape index (κ2) is 4.24. The fourth-order valence-electron chi connectivity index (χ4n) is 2.98. The lowest BCUT2D eigenvalue weighted by Gasteiger charge is -2.04. The van der Waals surface area contributed by atoms with Crippen LogP contribution in [0, 0.1) is 0 Å². The molecular formula is C19H15N. The van der Waals surface area contributed by atoms with Crippen molar-refractivity contribution in [1.29, 1.82) is 0 Å². The molecule has 0 saturated heterocycles. The van der Waals surface area contributed by atoms with E-state index < -0.39 is 0 Å². The molecule has 0 aliphatic heterocycles. The fraction of sp³-hybridized carbons (Fsp3) is 0.0526. The summed E-state index contributed by atoms with van der Waals surface area (Å²) >= 11 is 0. The zero-order valence-electron chi connectivity index (χ0n) is 11.4. The van der Waals surface area contributed by atoms with Crippen LogP contribution in [0.25, 0.3) is 32.9 Å².